The number of carbonyl (C=O) groups is 1. The summed E-state index contributed by atoms with van der Waals surface area (Å²) in [5.74, 6) is -0.407. The molecule has 1 N–H and O–H groups in total. The number of piperidine rings is 1. The van der Waals surface area contributed by atoms with Crippen LogP contribution < -0.4 is 5.32 Å². The molecule has 1 fully saturated rings. The SMILES string of the molecule is O=C1CCCC(c2ccc(Cl)c(F)c2)N1. The van der Waals surface area contributed by atoms with Crippen molar-refractivity contribution < 1.29 is 9.18 Å². The van der Waals surface area contributed by atoms with Crippen LogP contribution >= 0.6 is 11.6 Å². The highest BCUT2D eigenvalue weighted by molar-refractivity contribution is 6.30. The molecule has 1 saturated heterocycles. The van der Waals surface area contributed by atoms with Crippen molar-refractivity contribution in [3.63, 3.8) is 0 Å². The summed E-state index contributed by atoms with van der Waals surface area (Å²) < 4.78 is 13.2. The molecule has 1 aromatic carbocycles. The number of benzene rings is 1. The predicted octanol–water partition coefficient (Wildman–Crippen LogP) is 2.82. The lowest BCUT2D eigenvalue weighted by molar-refractivity contribution is -0.123. The first-order valence-electron chi connectivity index (χ1n) is 4.91. The van der Waals surface area contributed by atoms with Crippen LogP contribution in [0.3, 0.4) is 0 Å². The third-order valence-corrected chi connectivity index (χ3v) is 2.88. The zero-order chi connectivity index (χ0) is 10.8. The molecule has 1 atom stereocenters. The minimum absolute atomic E-state index is 0.0293. The lowest BCUT2D eigenvalue weighted by atomic mass is 9.97. The Bertz CT molecular complexity index is 394. The first kappa shape index (κ1) is 10.4. The standard InChI is InChI=1S/C11H11ClFNO/c12-8-5-4-7(6-9(8)13)10-2-1-3-11(15)14-10/h4-6,10H,1-3H2,(H,14,15). The summed E-state index contributed by atoms with van der Waals surface area (Å²) >= 11 is 5.59. The van der Waals surface area contributed by atoms with Crippen molar-refractivity contribution in [2.24, 2.45) is 0 Å². The van der Waals surface area contributed by atoms with Crippen LogP contribution in [0.25, 0.3) is 0 Å². The molecule has 4 heteroatoms. The van der Waals surface area contributed by atoms with Gasteiger partial charge in [-0.15, -0.1) is 0 Å². The predicted molar refractivity (Wildman–Crippen MR) is 56.1 cm³/mol. The molecule has 2 rings (SSSR count). The van der Waals surface area contributed by atoms with E-state index in [-0.39, 0.29) is 17.0 Å². The summed E-state index contributed by atoms with van der Waals surface area (Å²) in [5, 5.41) is 2.94. The van der Waals surface area contributed by atoms with Crippen LogP contribution in [0.15, 0.2) is 18.2 Å². The number of hydrogen-bond acceptors (Lipinski definition) is 1. The van der Waals surface area contributed by atoms with Crippen LogP contribution in [0, 0.1) is 5.82 Å². The molecule has 1 aromatic rings. The quantitative estimate of drug-likeness (QED) is 0.786. The van der Waals surface area contributed by atoms with E-state index in [0.717, 1.165) is 18.4 Å². The molecule has 0 aromatic heterocycles. The minimum atomic E-state index is -0.436. The van der Waals surface area contributed by atoms with E-state index in [0.29, 0.717) is 6.42 Å². The van der Waals surface area contributed by atoms with E-state index in [2.05, 4.69) is 5.32 Å². The van der Waals surface area contributed by atoms with Crippen molar-refractivity contribution in [3.05, 3.63) is 34.6 Å². The summed E-state index contributed by atoms with van der Waals surface area (Å²) in [6, 6.07) is 4.59. The second-order valence-corrected chi connectivity index (χ2v) is 4.09. The largest absolute Gasteiger partial charge is 0.349 e. The first-order chi connectivity index (χ1) is 7.16. The van der Waals surface area contributed by atoms with Crippen LogP contribution in [-0.2, 0) is 4.79 Å². The molecule has 0 spiro atoms. The van der Waals surface area contributed by atoms with E-state index in [1.165, 1.54) is 12.1 Å². The molecule has 1 aliphatic rings. The molecule has 0 bridgehead atoms. The maximum Gasteiger partial charge on any atom is 0.220 e. The number of rotatable bonds is 1. The normalized spacial score (nSPS) is 21.2. The van der Waals surface area contributed by atoms with Crippen molar-refractivity contribution in [2.45, 2.75) is 25.3 Å². The van der Waals surface area contributed by atoms with Crippen molar-refractivity contribution in [1.82, 2.24) is 5.32 Å². The van der Waals surface area contributed by atoms with E-state index < -0.39 is 5.82 Å². The van der Waals surface area contributed by atoms with Gasteiger partial charge in [0.05, 0.1) is 11.1 Å². The minimum Gasteiger partial charge on any atom is -0.349 e. The molecule has 1 aliphatic heterocycles. The molecule has 1 amide bonds. The Kier molecular flexibility index (Phi) is 2.91. The Balaban J connectivity index is 2.21. The molecule has 0 saturated carbocycles. The highest BCUT2D eigenvalue weighted by Crippen LogP contribution is 2.26. The van der Waals surface area contributed by atoms with Crippen LogP contribution in [0.2, 0.25) is 5.02 Å². The molecule has 1 unspecified atom stereocenters. The summed E-state index contributed by atoms with van der Waals surface area (Å²) in [6.45, 7) is 0. The number of hydrogen-bond donors (Lipinski definition) is 1. The van der Waals surface area contributed by atoms with Crippen LogP contribution in [-0.4, -0.2) is 5.91 Å². The smallest absolute Gasteiger partial charge is 0.220 e. The van der Waals surface area contributed by atoms with Crippen LogP contribution in [0.5, 0.6) is 0 Å². The average Bonchev–Trinajstić information content (AvgIpc) is 2.22. The zero-order valence-electron chi connectivity index (χ0n) is 8.09. The van der Waals surface area contributed by atoms with Gasteiger partial charge in [-0.3, -0.25) is 4.79 Å². The summed E-state index contributed by atoms with van der Waals surface area (Å²) in [6.07, 6.45) is 2.26. The number of carbonyl (C=O) groups excluding carboxylic acids is 1. The Labute approximate surface area is 92.4 Å². The lowest BCUT2D eigenvalue weighted by Crippen LogP contribution is -2.32. The number of amides is 1. The van der Waals surface area contributed by atoms with E-state index in [9.17, 15) is 9.18 Å². The molecular weight excluding hydrogens is 217 g/mol. The van der Waals surface area contributed by atoms with E-state index in [1.807, 2.05) is 0 Å². The highest BCUT2D eigenvalue weighted by Gasteiger charge is 2.20. The van der Waals surface area contributed by atoms with Gasteiger partial charge >= 0.3 is 0 Å². The number of nitrogens with one attached hydrogen (secondary N) is 1. The second kappa shape index (κ2) is 4.19. The lowest BCUT2D eigenvalue weighted by Gasteiger charge is -2.23. The second-order valence-electron chi connectivity index (χ2n) is 3.69. The van der Waals surface area contributed by atoms with Gasteiger partial charge in [0.25, 0.3) is 0 Å². The molecule has 1 heterocycles. The fourth-order valence-corrected chi connectivity index (χ4v) is 1.90. The summed E-state index contributed by atoms with van der Waals surface area (Å²) in [5.41, 5.74) is 0.782. The fraction of sp³-hybridized carbons (Fsp3) is 0.364. The fourth-order valence-electron chi connectivity index (χ4n) is 1.78. The van der Waals surface area contributed by atoms with E-state index in [1.54, 1.807) is 6.07 Å². The third-order valence-electron chi connectivity index (χ3n) is 2.58. The molecule has 0 radical (unpaired) electrons. The Hall–Kier alpha value is -1.09. The van der Waals surface area contributed by atoms with Crippen molar-refractivity contribution >= 4 is 17.5 Å². The van der Waals surface area contributed by atoms with Gasteiger partial charge in [0, 0.05) is 6.42 Å². The maximum atomic E-state index is 13.2. The van der Waals surface area contributed by atoms with E-state index in [4.69, 9.17) is 11.6 Å². The van der Waals surface area contributed by atoms with Gasteiger partial charge in [-0.25, -0.2) is 4.39 Å². The summed E-state index contributed by atoms with van der Waals surface area (Å²) in [4.78, 5) is 11.2. The average molecular weight is 228 g/mol. The molecule has 0 aliphatic carbocycles. The summed E-state index contributed by atoms with van der Waals surface area (Å²) in [7, 11) is 0. The third kappa shape index (κ3) is 2.29. The first-order valence-corrected chi connectivity index (χ1v) is 5.29. The van der Waals surface area contributed by atoms with Gasteiger partial charge in [0.1, 0.15) is 5.82 Å². The van der Waals surface area contributed by atoms with Crippen molar-refractivity contribution in [3.8, 4) is 0 Å². The van der Waals surface area contributed by atoms with Gasteiger partial charge in [-0.05, 0) is 30.5 Å². The van der Waals surface area contributed by atoms with Gasteiger partial charge in [-0.1, -0.05) is 17.7 Å². The maximum absolute atomic E-state index is 13.2. The van der Waals surface area contributed by atoms with E-state index >= 15 is 0 Å². The van der Waals surface area contributed by atoms with Crippen LogP contribution in [0.1, 0.15) is 30.9 Å². The number of halogens is 2. The molecular formula is C11H11ClFNO. The molecule has 80 valence electrons. The zero-order valence-corrected chi connectivity index (χ0v) is 8.85. The Morgan fingerprint density at radius 2 is 2.27 bits per heavy atom. The Morgan fingerprint density at radius 3 is 2.93 bits per heavy atom. The molecule has 15 heavy (non-hydrogen) atoms. The van der Waals surface area contributed by atoms with Crippen LogP contribution in [0.4, 0.5) is 4.39 Å². The Morgan fingerprint density at radius 1 is 1.47 bits per heavy atom. The van der Waals surface area contributed by atoms with Gasteiger partial charge < -0.3 is 5.32 Å². The van der Waals surface area contributed by atoms with Gasteiger partial charge in [0.15, 0.2) is 0 Å². The molecule has 2 nitrogen and oxygen atoms in total. The van der Waals surface area contributed by atoms with Crippen molar-refractivity contribution in [1.29, 1.82) is 0 Å². The highest BCUT2D eigenvalue weighted by atomic mass is 35.5. The monoisotopic (exact) mass is 227 g/mol. The topological polar surface area (TPSA) is 29.1 Å². The van der Waals surface area contributed by atoms with Gasteiger partial charge in [-0.2, -0.15) is 0 Å². The van der Waals surface area contributed by atoms with Gasteiger partial charge in [0.2, 0.25) is 5.91 Å². The van der Waals surface area contributed by atoms with Crippen molar-refractivity contribution in [2.75, 3.05) is 0 Å².